The van der Waals surface area contributed by atoms with Gasteiger partial charge in [0.05, 0.1) is 6.54 Å². The molecule has 0 aliphatic heterocycles. The van der Waals surface area contributed by atoms with Crippen molar-refractivity contribution in [2.75, 3.05) is 0 Å². The molecule has 0 spiro atoms. The van der Waals surface area contributed by atoms with E-state index in [0.717, 1.165) is 30.6 Å². The number of carbonyl (C=O) groups excluding carboxylic acids is 1. The fraction of sp³-hybridized carbons (Fsp3) is 0.471. The van der Waals surface area contributed by atoms with E-state index < -0.39 is 11.1 Å². The molecular formula is C17H21N3O3S. The Balaban J connectivity index is 1.67. The molecule has 6 nitrogen and oxygen atoms in total. The number of aromatic nitrogens is 2. The van der Waals surface area contributed by atoms with Gasteiger partial charge in [0.1, 0.15) is 6.54 Å². The number of rotatable bonds is 5. The topological polar surface area (TPSA) is 73.1 Å². The van der Waals surface area contributed by atoms with Crippen LogP contribution in [-0.4, -0.2) is 15.0 Å². The van der Waals surface area contributed by atoms with Crippen LogP contribution in [0.5, 0.6) is 0 Å². The van der Waals surface area contributed by atoms with Gasteiger partial charge in [0, 0.05) is 23.3 Å². The van der Waals surface area contributed by atoms with Crippen LogP contribution in [0.4, 0.5) is 0 Å². The molecule has 0 bridgehead atoms. The Kier molecular flexibility index (Phi) is 5.30. The van der Waals surface area contributed by atoms with Crippen molar-refractivity contribution in [1.82, 2.24) is 14.5 Å². The van der Waals surface area contributed by atoms with Crippen molar-refractivity contribution < 1.29 is 4.79 Å². The Morgan fingerprint density at radius 3 is 2.67 bits per heavy atom. The largest absolute Gasteiger partial charge is 0.350 e. The highest BCUT2D eigenvalue weighted by Gasteiger charge is 2.18. The first-order chi connectivity index (χ1) is 11.6. The van der Waals surface area contributed by atoms with Crippen LogP contribution in [0.2, 0.25) is 0 Å². The minimum Gasteiger partial charge on any atom is -0.350 e. The zero-order valence-corrected chi connectivity index (χ0v) is 14.3. The fourth-order valence-corrected chi connectivity index (χ4v) is 3.75. The van der Waals surface area contributed by atoms with Crippen LogP contribution in [0.15, 0.2) is 39.5 Å². The summed E-state index contributed by atoms with van der Waals surface area (Å²) in [5, 5.41) is 4.70. The average molecular weight is 347 g/mol. The van der Waals surface area contributed by atoms with Crippen LogP contribution in [0.1, 0.15) is 43.0 Å². The van der Waals surface area contributed by atoms with Crippen molar-refractivity contribution >= 4 is 17.2 Å². The lowest BCUT2D eigenvalue weighted by Gasteiger charge is -2.23. The van der Waals surface area contributed by atoms with Crippen molar-refractivity contribution in [2.45, 2.75) is 51.2 Å². The van der Waals surface area contributed by atoms with Gasteiger partial charge in [-0.1, -0.05) is 25.3 Å². The van der Waals surface area contributed by atoms with Gasteiger partial charge in [-0.3, -0.25) is 19.0 Å². The molecule has 2 heterocycles. The summed E-state index contributed by atoms with van der Waals surface area (Å²) in [6.07, 6.45) is 8.42. The standard InChI is InChI=1S/C17H21N3O3S/c21-15(18-11-14-7-4-10-24-14)12-19-8-9-20(17(23)16(19)22)13-5-2-1-3-6-13/h4,7-10,13H,1-3,5-6,11-12H2,(H,18,21). The summed E-state index contributed by atoms with van der Waals surface area (Å²) in [4.78, 5) is 37.6. The summed E-state index contributed by atoms with van der Waals surface area (Å²) in [7, 11) is 0. The molecule has 0 radical (unpaired) electrons. The Morgan fingerprint density at radius 1 is 1.17 bits per heavy atom. The van der Waals surface area contributed by atoms with E-state index in [1.807, 2.05) is 17.5 Å². The van der Waals surface area contributed by atoms with Crippen molar-refractivity contribution in [3.8, 4) is 0 Å². The molecule has 0 saturated heterocycles. The molecule has 3 rings (SSSR count). The third-order valence-corrected chi connectivity index (χ3v) is 5.28. The molecule has 24 heavy (non-hydrogen) atoms. The van der Waals surface area contributed by atoms with E-state index in [1.165, 1.54) is 11.0 Å². The van der Waals surface area contributed by atoms with Crippen LogP contribution in [-0.2, 0) is 17.9 Å². The third kappa shape index (κ3) is 3.84. The van der Waals surface area contributed by atoms with Crippen LogP contribution in [0.3, 0.4) is 0 Å². The lowest BCUT2D eigenvalue weighted by Crippen LogP contribution is -2.44. The van der Waals surface area contributed by atoms with E-state index in [1.54, 1.807) is 28.3 Å². The van der Waals surface area contributed by atoms with Gasteiger partial charge in [-0.05, 0) is 24.3 Å². The summed E-state index contributed by atoms with van der Waals surface area (Å²) < 4.78 is 2.73. The highest BCUT2D eigenvalue weighted by atomic mass is 32.1. The number of hydrogen-bond donors (Lipinski definition) is 1. The number of thiophene rings is 1. The lowest BCUT2D eigenvalue weighted by atomic mass is 9.95. The predicted molar refractivity (Wildman–Crippen MR) is 93.2 cm³/mol. The fourth-order valence-electron chi connectivity index (χ4n) is 3.10. The van der Waals surface area contributed by atoms with Crippen LogP contribution < -0.4 is 16.4 Å². The van der Waals surface area contributed by atoms with Crippen LogP contribution in [0.25, 0.3) is 0 Å². The molecular weight excluding hydrogens is 326 g/mol. The first kappa shape index (κ1) is 16.7. The molecule has 1 fully saturated rings. The molecule has 0 unspecified atom stereocenters. The van der Waals surface area contributed by atoms with Gasteiger partial charge in [0.2, 0.25) is 5.91 Å². The van der Waals surface area contributed by atoms with Crippen LogP contribution >= 0.6 is 11.3 Å². The van der Waals surface area contributed by atoms with Crippen molar-refractivity contribution in [3.63, 3.8) is 0 Å². The molecule has 1 saturated carbocycles. The molecule has 128 valence electrons. The van der Waals surface area contributed by atoms with Crippen molar-refractivity contribution in [2.24, 2.45) is 0 Å². The molecule has 7 heteroatoms. The molecule has 1 aliphatic rings. The lowest BCUT2D eigenvalue weighted by molar-refractivity contribution is -0.121. The first-order valence-electron chi connectivity index (χ1n) is 8.26. The highest BCUT2D eigenvalue weighted by molar-refractivity contribution is 7.09. The van der Waals surface area contributed by atoms with Gasteiger partial charge in [0.25, 0.3) is 0 Å². The normalized spacial score (nSPS) is 15.3. The molecule has 1 N–H and O–H groups in total. The number of nitrogens with one attached hydrogen (secondary N) is 1. The van der Waals surface area contributed by atoms with E-state index in [0.29, 0.717) is 6.54 Å². The third-order valence-electron chi connectivity index (χ3n) is 4.41. The quantitative estimate of drug-likeness (QED) is 0.840. The molecule has 2 aromatic heterocycles. The number of carbonyl (C=O) groups is 1. The van der Waals surface area contributed by atoms with E-state index >= 15 is 0 Å². The second kappa shape index (κ2) is 7.61. The minimum atomic E-state index is -0.630. The van der Waals surface area contributed by atoms with Gasteiger partial charge >= 0.3 is 11.1 Å². The van der Waals surface area contributed by atoms with E-state index in [9.17, 15) is 14.4 Å². The SMILES string of the molecule is O=C(Cn1ccn(C2CCCCC2)c(=O)c1=O)NCc1cccs1. The molecule has 2 aromatic rings. The number of amides is 1. The minimum absolute atomic E-state index is 0.112. The summed E-state index contributed by atoms with van der Waals surface area (Å²) in [6, 6.07) is 3.96. The Hall–Kier alpha value is -2.15. The second-order valence-corrected chi connectivity index (χ2v) is 7.12. The highest BCUT2D eigenvalue weighted by Crippen LogP contribution is 2.26. The summed E-state index contributed by atoms with van der Waals surface area (Å²) in [5.41, 5.74) is -1.16. The van der Waals surface area contributed by atoms with Crippen molar-refractivity contribution in [1.29, 1.82) is 0 Å². The summed E-state index contributed by atoms with van der Waals surface area (Å²) >= 11 is 1.56. The van der Waals surface area contributed by atoms with Gasteiger partial charge < -0.3 is 9.88 Å². The molecule has 1 aliphatic carbocycles. The number of nitrogens with zero attached hydrogens (tertiary/aromatic N) is 2. The van der Waals surface area contributed by atoms with Crippen LogP contribution in [0, 0.1) is 0 Å². The predicted octanol–water partition coefficient (Wildman–Crippen LogP) is 1.89. The maximum Gasteiger partial charge on any atom is 0.316 e. The van der Waals surface area contributed by atoms with Crippen molar-refractivity contribution in [3.05, 3.63) is 55.5 Å². The monoisotopic (exact) mass is 347 g/mol. The summed E-state index contributed by atoms with van der Waals surface area (Å²) in [6.45, 7) is 0.301. The van der Waals surface area contributed by atoms with Gasteiger partial charge in [-0.15, -0.1) is 11.3 Å². The Morgan fingerprint density at radius 2 is 1.96 bits per heavy atom. The first-order valence-corrected chi connectivity index (χ1v) is 9.14. The van der Waals surface area contributed by atoms with E-state index in [-0.39, 0.29) is 18.5 Å². The van der Waals surface area contributed by atoms with Gasteiger partial charge in [-0.25, -0.2) is 0 Å². The Bertz CT molecular complexity index is 801. The maximum absolute atomic E-state index is 12.3. The smallest absolute Gasteiger partial charge is 0.316 e. The Labute approximate surface area is 143 Å². The molecule has 0 atom stereocenters. The zero-order chi connectivity index (χ0) is 16.9. The zero-order valence-electron chi connectivity index (χ0n) is 13.4. The second-order valence-electron chi connectivity index (χ2n) is 6.09. The maximum atomic E-state index is 12.3. The number of hydrogen-bond acceptors (Lipinski definition) is 4. The van der Waals surface area contributed by atoms with E-state index in [2.05, 4.69) is 5.32 Å². The average Bonchev–Trinajstić information content (AvgIpc) is 3.12. The van der Waals surface area contributed by atoms with E-state index in [4.69, 9.17) is 0 Å². The van der Waals surface area contributed by atoms with Gasteiger partial charge in [-0.2, -0.15) is 0 Å². The summed E-state index contributed by atoms with van der Waals surface area (Å²) in [5.74, 6) is -0.277. The molecule has 1 amide bonds. The van der Waals surface area contributed by atoms with Gasteiger partial charge in [0.15, 0.2) is 0 Å². The molecule has 0 aromatic carbocycles.